The van der Waals surface area contributed by atoms with Crippen LogP contribution in [0.3, 0.4) is 0 Å². The zero-order valence-electron chi connectivity index (χ0n) is 23.4. The van der Waals surface area contributed by atoms with Crippen LogP contribution in [0.4, 0.5) is 32.0 Å². The summed E-state index contributed by atoms with van der Waals surface area (Å²) in [5.41, 5.74) is 0.874. The lowest BCUT2D eigenvalue weighted by atomic mass is 9.95. The number of sulfone groups is 1. The fourth-order valence-electron chi connectivity index (χ4n) is 5.12. The molecule has 3 aromatic rings. The monoisotopic (exact) mass is 644 g/mol. The number of nitrogens with zero attached hydrogens (tertiary/aromatic N) is 1. The summed E-state index contributed by atoms with van der Waals surface area (Å²) in [7, 11) is -3.42. The zero-order valence-corrected chi connectivity index (χ0v) is 24.2. The number of ether oxygens (including phenoxy) is 1. The summed E-state index contributed by atoms with van der Waals surface area (Å²) < 4.78 is 106. The first-order chi connectivity index (χ1) is 20.6. The van der Waals surface area contributed by atoms with Gasteiger partial charge in [0.05, 0.1) is 41.5 Å². The smallest absolute Gasteiger partial charge is 0.394 e. The number of hydrogen-bond acceptors (Lipinski definition) is 6. The Bertz CT molecular complexity index is 1530. The molecule has 0 aliphatic carbocycles. The summed E-state index contributed by atoms with van der Waals surface area (Å²) in [6.07, 6.45) is -9.19. The number of alkyl halides is 6. The van der Waals surface area contributed by atoms with Gasteiger partial charge in [0.2, 0.25) is 0 Å². The van der Waals surface area contributed by atoms with Crippen molar-refractivity contribution in [3.63, 3.8) is 0 Å². The van der Waals surface area contributed by atoms with Crippen molar-refractivity contribution in [2.75, 3.05) is 30.4 Å². The van der Waals surface area contributed by atoms with Crippen LogP contribution in [0.2, 0.25) is 0 Å². The van der Waals surface area contributed by atoms with E-state index in [0.717, 1.165) is 12.1 Å². The van der Waals surface area contributed by atoms with Crippen molar-refractivity contribution in [3.8, 4) is 0 Å². The van der Waals surface area contributed by atoms with Gasteiger partial charge in [-0.15, -0.1) is 13.2 Å². The predicted octanol–water partition coefficient (Wildman–Crippen LogP) is 5.86. The Morgan fingerprint density at radius 2 is 1.59 bits per heavy atom. The van der Waals surface area contributed by atoms with Gasteiger partial charge >= 0.3 is 12.5 Å². The summed E-state index contributed by atoms with van der Waals surface area (Å²) in [6.45, 7) is 0.561. The summed E-state index contributed by atoms with van der Waals surface area (Å²) in [4.78, 5) is 14.7. The minimum Gasteiger partial charge on any atom is -0.394 e. The van der Waals surface area contributed by atoms with E-state index in [-0.39, 0.29) is 35.1 Å². The average Bonchev–Trinajstić information content (AvgIpc) is 3.42. The molecule has 0 saturated carbocycles. The van der Waals surface area contributed by atoms with E-state index in [0.29, 0.717) is 16.8 Å². The number of benzene rings is 3. The summed E-state index contributed by atoms with van der Waals surface area (Å²) in [5.74, 6) is -1.00. The van der Waals surface area contributed by atoms with Gasteiger partial charge in [-0.2, -0.15) is 13.2 Å². The third-order valence-electron chi connectivity index (χ3n) is 7.53. The average molecular weight is 645 g/mol. The van der Waals surface area contributed by atoms with Crippen LogP contribution in [0, 0.1) is 0 Å². The van der Waals surface area contributed by atoms with Crippen LogP contribution in [0.5, 0.6) is 0 Å². The lowest BCUT2D eigenvalue weighted by Crippen LogP contribution is -2.35. The number of anilines is 1. The number of hydrogen-bond donors (Lipinski definition) is 2. The molecule has 0 bridgehead atoms. The lowest BCUT2D eigenvalue weighted by Gasteiger charge is -2.27. The molecule has 0 spiro atoms. The fraction of sp³-hybridized carbons (Fsp3) is 0.367. The van der Waals surface area contributed by atoms with Gasteiger partial charge in [-0.3, -0.25) is 9.53 Å². The first-order valence-electron chi connectivity index (χ1n) is 13.6. The first kappa shape index (κ1) is 33.3. The number of nitrogens with one attached hydrogen (secondary N) is 1. The molecule has 7 nitrogen and oxygen atoms in total. The van der Waals surface area contributed by atoms with Crippen LogP contribution in [-0.2, 0) is 20.8 Å². The molecule has 1 unspecified atom stereocenters. The molecule has 1 fully saturated rings. The molecule has 238 valence electrons. The minimum atomic E-state index is -4.87. The number of aliphatic hydroxyl groups is 1. The molecule has 4 rings (SSSR count). The van der Waals surface area contributed by atoms with Crippen molar-refractivity contribution in [3.05, 3.63) is 95.1 Å². The molecule has 1 amide bonds. The number of carbonyl (C=O) groups is 1. The van der Waals surface area contributed by atoms with Gasteiger partial charge in [0, 0.05) is 23.7 Å². The van der Waals surface area contributed by atoms with Crippen molar-refractivity contribution in [1.82, 2.24) is 5.32 Å². The van der Waals surface area contributed by atoms with E-state index < -0.39 is 59.1 Å². The molecular weight excluding hydrogens is 614 g/mol. The molecule has 3 aromatic carbocycles. The summed E-state index contributed by atoms with van der Waals surface area (Å²) >= 11 is 0. The van der Waals surface area contributed by atoms with Gasteiger partial charge in [-0.1, -0.05) is 31.2 Å². The normalized spacial score (nSPS) is 18.3. The Labute approximate surface area is 250 Å². The van der Waals surface area contributed by atoms with Crippen LogP contribution in [0.15, 0.2) is 77.7 Å². The quantitative estimate of drug-likeness (QED) is 0.269. The Kier molecular flexibility index (Phi) is 9.96. The van der Waals surface area contributed by atoms with Crippen LogP contribution >= 0.6 is 0 Å². The maximum absolute atomic E-state index is 13.0. The van der Waals surface area contributed by atoms with Crippen LogP contribution in [0.25, 0.3) is 0 Å². The number of rotatable bonds is 10. The third-order valence-corrected chi connectivity index (χ3v) is 9.28. The molecule has 0 aromatic heterocycles. The fourth-order valence-corrected chi connectivity index (χ4v) is 6.01. The van der Waals surface area contributed by atoms with E-state index in [9.17, 15) is 44.7 Å². The summed E-state index contributed by atoms with van der Waals surface area (Å²) in [6, 6.07) is 14.7. The molecule has 44 heavy (non-hydrogen) atoms. The van der Waals surface area contributed by atoms with Crippen molar-refractivity contribution >= 4 is 21.4 Å². The SMILES string of the molecule is CCS(=O)(=O)c1ccc([C@H](CO)NC(=O)c2ccc(N3CC(c4ccc(C(F)(F)F)cc4)C[C@H]3COC(F)(F)F)cc2)cc1. The van der Waals surface area contributed by atoms with E-state index in [1.54, 1.807) is 17.0 Å². The van der Waals surface area contributed by atoms with Gasteiger partial charge in [0.25, 0.3) is 5.91 Å². The number of carbonyl (C=O) groups excluding carboxylic acids is 1. The maximum atomic E-state index is 13.0. The topological polar surface area (TPSA) is 95.9 Å². The second-order valence-electron chi connectivity index (χ2n) is 10.3. The standard InChI is InChI=1S/C30H30F6N2O5S/c1-2-44(41,42)26-13-7-20(8-14-26)27(17-39)37-28(40)21-5-11-24(12-6-21)38-16-22(15-25(38)18-43-30(34,35)36)19-3-9-23(10-4-19)29(31,32)33/h3-14,22,25,27,39H,2,15-18H2,1H3,(H,37,40)/t22?,25-,27-/m0/s1. The van der Waals surface area contributed by atoms with Gasteiger partial charge < -0.3 is 15.3 Å². The van der Waals surface area contributed by atoms with E-state index in [1.807, 2.05) is 0 Å². The largest absolute Gasteiger partial charge is 0.522 e. The van der Waals surface area contributed by atoms with Crippen molar-refractivity contribution < 1.29 is 49.4 Å². The number of aliphatic hydroxyl groups excluding tert-OH is 1. The van der Waals surface area contributed by atoms with Crippen LogP contribution < -0.4 is 10.2 Å². The predicted molar refractivity (Wildman–Crippen MR) is 150 cm³/mol. The molecule has 2 N–H and O–H groups in total. The van der Waals surface area contributed by atoms with Crippen molar-refractivity contribution in [2.24, 2.45) is 0 Å². The first-order valence-corrected chi connectivity index (χ1v) is 15.3. The van der Waals surface area contributed by atoms with E-state index in [4.69, 9.17) is 0 Å². The molecule has 1 saturated heterocycles. The highest BCUT2D eigenvalue weighted by molar-refractivity contribution is 7.91. The Morgan fingerprint density at radius 3 is 2.11 bits per heavy atom. The second-order valence-corrected chi connectivity index (χ2v) is 12.6. The Balaban J connectivity index is 1.49. The van der Waals surface area contributed by atoms with Crippen molar-refractivity contribution in [2.45, 2.75) is 48.8 Å². The molecular formula is C30H30F6N2O5S. The van der Waals surface area contributed by atoms with E-state index in [1.165, 1.54) is 55.5 Å². The second kappa shape index (κ2) is 13.2. The van der Waals surface area contributed by atoms with Crippen molar-refractivity contribution in [1.29, 1.82) is 0 Å². The van der Waals surface area contributed by atoms with Gasteiger partial charge in [0.1, 0.15) is 0 Å². The van der Waals surface area contributed by atoms with Gasteiger partial charge in [-0.05, 0) is 66.1 Å². The minimum absolute atomic E-state index is 0.0776. The third kappa shape index (κ3) is 8.10. The zero-order chi connectivity index (χ0) is 32.3. The molecule has 14 heteroatoms. The van der Waals surface area contributed by atoms with Crippen LogP contribution in [-0.4, -0.2) is 57.3 Å². The number of amides is 1. The molecule has 1 aliphatic heterocycles. The molecule has 1 aliphatic rings. The highest BCUT2D eigenvalue weighted by Crippen LogP contribution is 2.38. The molecule has 3 atom stereocenters. The van der Waals surface area contributed by atoms with E-state index >= 15 is 0 Å². The number of halogens is 6. The van der Waals surface area contributed by atoms with Crippen LogP contribution in [0.1, 0.15) is 52.4 Å². The van der Waals surface area contributed by atoms with Gasteiger partial charge in [0.15, 0.2) is 9.84 Å². The summed E-state index contributed by atoms with van der Waals surface area (Å²) in [5, 5.41) is 12.5. The molecule has 0 radical (unpaired) electrons. The Hall–Kier alpha value is -3.62. The van der Waals surface area contributed by atoms with E-state index in [2.05, 4.69) is 10.1 Å². The Morgan fingerprint density at radius 1 is 0.977 bits per heavy atom. The molecule has 1 heterocycles. The highest BCUT2D eigenvalue weighted by Gasteiger charge is 2.38. The highest BCUT2D eigenvalue weighted by atomic mass is 32.2. The lowest BCUT2D eigenvalue weighted by molar-refractivity contribution is -0.325. The van der Waals surface area contributed by atoms with Gasteiger partial charge in [-0.25, -0.2) is 8.42 Å². The maximum Gasteiger partial charge on any atom is 0.522 e.